The molecule has 0 aromatic rings. The largest absolute Gasteiger partial charge is 0.352 e. The van der Waals surface area contributed by atoms with E-state index in [1.165, 1.54) is 6.42 Å². The van der Waals surface area contributed by atoms with Crippen molar-refractivity contribution < 1.29 is 4.79 Å². The van der Waals surface area contributed by atoms with Crippen LogP contribution >= 0.6 is 0 Å². The van der Waals surface area contributed by atoms with E-state index in [0.717, 1.165) is 6.42 Å². The molecule has 1 N–H and O–H groups in total. The first-order valence-electron chi connectivity index (χ1n) is 6.17. The molecule has 0 aromatic carbocycles. The summed E-state index contributed by atoms with van der Waals surface area (Å²) >= 11 is 0. The monoisotopic (exact) mass is 222 g/mol. The van der Waals surface area contributed by atoms with Crippen LogP contribution in [0, 0.1) is 35.0 Å². The summed E-state index contributed by atoms with van der Waals surface area (Å²) < 4.78 is 0. The second-order valence-electron chi connectivity index (χ2n) is 5.38. The molecular formula is C13H22N2O. The normalized spacial score (nSPS) is 31.1. The highest BCUT2D eigenvalue weighted by atomic mass is 16.1. The summed E-state index contributed by atoms with van der Waals surface area (Å²) in [6, 6.07) is 2.35. The van der Waals surface area contributed by atoms with Crippen LogP contribution in [-0.2, 0) is 4.79 Å². The molecule has 90 valence electrons. The molecule has 0 spiro atoms. The lowest BCUT2D eigenvalue weighted by Gasteiger charge is -2.22. The smallest absolute Gasteiger partial charge is 0.237 e. The van der Waals surface area contributed by atoms with Gasteiger partial charge in [-0.1, -0.05) is 27.7 Å². The Kier molecular flexibility index (Phi) is 4.35. The second-order valence-corrected chi connectivity index (χ2v) is 5.38. The van der Waals surface area contributed by atoms with E-state index in [2.05, 4.69) is 25.2 Å². The van der Waals surface area contributed by atoms with E-state index in [9.17, 15) is 4.79 Å². The predicted molar refractivity (Wildman–Crippen MR) is 63.4 cm³/mol. The molecule has 1 fully saturated rings. The Bertz CT molecular complexity index is 293. The van der Waals surface area contributed by atoms with Crippen molar-refractivity contribution in [3.8, 4) is 6.07 Å². The molecule has 1 aliphatic carbocycles. The van der Waals surface area contributed by atoms with Gasteiger partial charge >= 0.3 is 0 Å². The predicted octanol–water partition coefficient (Wildman–Crippen LogP) is 2.33. The lowest BCUT2D eigenvalue weighted by molar-refractivity contribution is -0.125. The lowest BCUT2D eigenvalue weighted by atomic mass is 9.94. The maximum absolute atomic E-state index is 11.9. The summed E-state index contributed by atoms with van der Waals surface area (Å²) in [6.07, 6.45) is 2.22. The highest BCUT2D eigenvalue weighted by molar-refractivity contribution is 5.81. The minimum Gasteiger partial charge on any atom is -0.352 e. The minimum absolute atomic E-state index is 0.0825. The van der Waals surface area contributed by atoms with E-state index in [1.807, 2.05) is 13.8 Å². The van der Waals surface area contributed by atoms with Gasteiger partial charge in [0.25, 0.3) is 0 Å². The highest BCUT2D eigenvalue weighted by Gasteiger charge is 2.32. The van der Waals surface area contributed by atoms with E-state index < -0.39 is 5.92 Å². The van der Waals surface area contributed by atoms with Crippen LogP contribution < -0.4 is 5.32 Å². The molecule has 0 heterocycles. The van der Waals surface area contributed by atoms with Crippen molar-refractivity contribution in [2.24, 2.45) is 23.7 Å². The molecule has 0 saturated heterocycles. The van der Waals surface area contributed by atoms with Crippen LogP contribution in [0.3, 0.4) is 0 Å². The third-order valence-corrected chi connectivity index (χ3v) is 3.88. The molecule has 1 aliphatic rings. The molecule has 0 radical (unpaired) electrons. The zero-order valence-corrected chi connectivity index (χ0v) is 10.7. The SMILES string of the molecule is CC(C)C(C#N)C(=O)NC1CCC(C)C1C. The molecule has 0 bridgehead atoms. The topological polar surface area (TPSA) is 52.9 Å². The van der Waals surface area contributed by atoms with Gasteiger partial charge in [-0.25, -0.2) is 0 Å². The van der Waals surface area contributed by atoms with Crippen LogP contribution in [0.25, 0.3) is 0 Å². The first kappa shape index (κ1) is 13.0. The molecule has 0 aromatic heterocycles. The van der Waals surface area contributed by atoms with Crippen LogP contribution in [0.1, 0.15) is 40.5 Å². The van der Waals surface area contributed by atoms with Gasteiger partial charge in [0.05, 0.1) is 6.07 Å². The summed E-state index contributed by atoms with van der Waals surface area (Å²) in [5, 5.41) is 12.0. The van der Waals surface area contributed by atoms with Crippen molar-refractivity contribution in [3.63, 3.8) is 0 Å². The molecule has 4 unspecified atom stereocenters. The molecular weight excluding hydrogens is 200 g/mol. The van der Waals surface area contributed by atoms with Crippen molar-refractivity contribution in [2.75, 3.05) is 0 Å². The maximum atomic E-state index is 11.9. The fraction of sp³-hybridized carbons (Fsp3) is 0.846. The van der Waals surface area contributed by atoms with E-state index >= 15 is 0 Å². The van der Waals surface area contributed by atoms with Crippen LogP contribution in [0.2, 0.25) is 0 Å². The Morgan fingerprint density at radius 3 is 2.38 bits per heavy atom. The molecule has 3 nitrogen and oxygen atoms in total. The molecule has 1 saturated carbocycles. The number of hydrogen-bond acceptors (Lipinski definition) is 2. The average Bonchev–Trinajstić information content (AvgIpc) is 2.50. The summed E-state index contributed by atoms with van der Waals surface area (Å²) in [6.45, 7) is 8.22. The Morgan fingerprint density at radius 1 is 1.38 bits per heavy atom. The van der Waals surface area contributed by atoms with E-state index in [1.54, 1.807) is 0 Å². The first-order valence-corrected chi connectivity index (χ1v) is 6.17. The number of carbonyl (C=O) groups is 1. The van der Waals surface area contributed by atoms with E-state index in [-0.39, 0.29) is 17.9 Å². The van der Waals surface area contributed by atoms with Gasteiger partial charge in [-0.3, -0.25) is 4.79 Å². The van der Waals surface area contributed by atoms with Gasteiger partial charge in [0.15, 0.2) is 0 Å². The minimum atomic E-state index is -0.511. The van der Waals surface area contributed by atoms with Gasteiger partial charge in [0.2, 0.25) is 5.91 Å². The van der Waals surface area contributed by atoms with Crippen molar-refractivity contribution in [3.05, 3.63) is 0 Å². The second kappa shape index (κ2) is 5.34. The van der Waals surface area contributed by atoms with Crippen molar-refractivity contribution in [1.82, 2.24) is 5.32 Å². The van der Waals surface area contributed by atoms with Gasteiger partial charge < -0.3 is 5.32 Å². The number of amides is 1. The molecule has 1 rings (SSSR count). The number of carbonyl (C=O) groups excluding carboxylic acids is 1. The van der Waals surface area contributed by atoms with Gasteiger partial charge in [0.1, 0.15) is 5.92 Å². The third kappa shape index (κ3) is 2.75. The molecule has 0 aliphatic heterocycles. The van der Waals surface area contributed by atoms with Crippen LogP contribution in [0.4, 0.5) is 0 Å². The standard InChI is InChI=1S/C13H22N2O/c1-8(2)11(7-14)13(16)15-12-6-5-9(3)10(12)4/h8-12H,5-6H2,1-4H3,(H,15,16). The maximum Gasteiger partial charge on any atom is 0.237 e. The van der Waals surface area contributed by atoms with Crippen LogP contribution in [0.5, 0.6) is 0 Å². The fourth-order valence-electron chi connectivity index (χ4n) is 2.35. The number of nitrogens with one attached hydrogen (secondary N) is 1. The summed E-state index contributed by atoms with van der Waals surface area (Å²) in [5.74, 6) is 0.672. The van der Waals surface area contributed by atoms with Gasteiger partial charge in [-0.2, -0.15) is 5.26 Å². The quantitative estimate of drug-likeness (QED) is 0.796. The van der Waals surface area contributed by atoms with Crippen LogP contribution in [0.15, 0.2) is 0 Å². The van der Waals surface area contributed by atoms with Crippen LogP contribution in [-0.4, -0.2) is 11.9 Å². The third-order valence-electron chi connectivity index (χ3n) is 3.88. The zero-order chi connectivity index (χ0) is 12.3. The zero-order valence-electron chi connectivity index (χ0n) is 10.7. The molecule has 3 heteroatoms. The van der Waals surface area contributed by atoms with Gasteiger partial charge in [-0.15, -0.1) is 0 Å². The Morgan fingerprint density at radius 2 is 2.00 bits per heavy atom. The van der Waals surface area contributed by atoms with Crippen molar-refractivity contribution >= 4 is 5.91 Å². The van der Waals surface area contributed by atoms with Gasteiger partial charge in [0, 0.05) is 6.04 Å². The Balaban J connectivity index is 2.55. The molecule has 16 heavy (non-hydrogen) atoms. The van der Waals surface area contributed by atoms with Gasteiger partial charge in [-0.05, 0) is 30.6 Å². The molecule has 1 amide bonds. The first-order chi connectivity index (χ1) is 7.47. The van der Waals surface area contributed by atoms with Crippen molar-refractivity contribution in [2.45, 2.75) is 46.6 Å². The highest BCUT2D eigenvalue weighted by Crippen LogP contribution is 2.31. The summed E-state index contributed by atoms with van der Waals surface area (Å²) in [7, 11) is 0. The summed E-state index contributed by atoms with van der Waals surface area (Å²) in [4.78, 5) is 11.9. The lowest BCUT2D eigenvalue weighted by Crippen LogP contribution is -2.41. The van der Waals surface area contributed by atoms with E-state index in [4.69, 9.17) is 5.26 Å². The fourth-order valence-corrected chi connectivity index (χ4v) is 2.35. The van der Waals surface area contributed by atoms with Crippen molar-refractivity contribution in [1.29, 1.82) is 5.26 Å². The Labute approximate surface area is 98.2 Å². The number of nitrogens with zero attached hydrogens (tertiary/aromatic N) is 1. The number of hydrogen-bond donors (Lipinski definition) is 1. The number of nitriles is 1. The molecule has 4 atom stereocenters. The van der Waals surface area contributed by atoms with E-state index in [0.29, 0.717) is 11.8 Å². The summed E-state index contributed by atoms with van der Waals surface area (Å²) in [5.41, 5.74) is 0. The number of rotatable bonds is 3. The average molecular weight is 222 g/mol. The Hall–Kier alpha value is -1.04.